The molecule has 1 amide bonds. The second kappa shape index (κ2) is 7.59. The summed E-state index contributed by atoms with van der Waals surface area (Å²) in [5.74, 6) is -0.235. The first-order valence-electron chi connectivity index (χ1n) is 8.34. The first-order chi connectivity index (χ1) is 12.1. The molecule has 0 unspecified atom stereocenters. The molecule has 1 N–H and O–H groups in total. The van der Waals surface area contributed by atoms with Crippen molar-refractivity contribution < 1.29 is 19.4 Å². The minimum Gasteiger partial charge on any atom is -0.478 e. The lowest BCUT2D eigenvalue weighted by Crippen LogP contribution is -2.36. The van der Waals surface area contributed by atoms with Crippen molar-refractivity contribution >= 4 is 12.1 Å². The summed E-state index contributed by atoms with van der Waals surface area (Å²) >= 11 is 0. The van der Waals surface area contributed by atoms with Gasteiger partial charge >= 0.3 is 12.1 Å². The zero-order valence-corrected chi connectivity index (χ0v) is 15.8. The van der Waals surface area contributed by atoms with Crippen molar-refractivity contribution in [1.29, 1.82) is 0 Å². The third-order valence-electron chi connectivity index (χ3n) is 3.80. The molecule has 0 aliphatic heterocycles. The molecule has 7 heteroatoms. The first-order valence-corrected chi connectivity index (χ1v) is 8.34. The summed E-state index contributed by atoms with van der Waals surface area (Å²) < 4.78 is 7.35. The lowest BCUT2D eigenvalue weighted by molar-refractivity contribution is 0.0209. The molecule has 0 radical (unpaired) electrons. The van der Waals surface area contributed by atoms with Crippen molar-refractivity contribution in [2.75, 3.05) is 0 Å². The average Bonchev–Trinajstić information content (AvgIpc) is 2.89. The van der Waals surface area contributed by atoms with Crippen LogP contribution in [-0.4, -0.2) is 37.2 Å². The van der Waals surface area contributed by atoms with Crippen molar-refractivity contribution in [2.45, 2.75) is 46.4 Å². The summed E-state index contributed by atoms with van der Waals surface area (Å²) in [7, 11) is 1.86. The Bertz CT molecular complexity index is 805. The van der Waals surface area contributed by atoms with Crippen molar-refractivity contribution in [3.05, 3.63) is 53.1 Å². The smallest absolute Gasteiger partial charge is 0.410 e. The Hall–Kier alpha value is -2.83. The predicted octanol–water partition coefficient (Wildman–Crippen LogP) is 3.36. The fourth-order valence-electron chi connectivity index (χ4n) is 2.52. The topological polar surface area (TPSA) is 84.7 Å². The Balaban J connectivity index is 2.25. The van der Waals surface area contributed by atoms with E-state index in [1.807, 2.05) is 38.6 Å². The van der Waals surface area contributed by atoms with E-state index < -0.39 is 17.7 Å². The molecule has 0 aliphatic carbocycles. The fraction of sp³-hybridized carbons (Fsp3) is 0.421. The number of carboxylic acids is 1. The van der Waals surface area contributed by atoms with Crippen molar-refractivity contribution in [2.24, 2.45) is 7.05 Å². The third-order valence-corrected chi connectivity index (χ3v) is 3.80. The lowest BCUT2D eigenvalue weighted by Gasteiger charge is -2.27. The van der Waals surface area contributed by atoms with E-state index in [-0.39, 0.29) is 12.1 Å². The van der Waals surface area contributed by atoms with E-state index in [0.717, 1.165) is 11.4 Å². The highest BCUT2D eigenvalue weighted by molar-refractivity contribution is 5.89. The van der Waals surface area contributed by atoms with Crippen LogP contribution >= 0.6 is 0 Å². The number of hydrogen-bond donors (Lipinski definition) is 1. The van der Waals surface area contributed by atoms with Crippen LogP contribution in [0.5, 0.6) is 0 Å². The standard InChI is InChI=1S/C19H25N3O4/c1-13-10-14(6-7-15(13)17(23)24)11-22(18(25)26-19(2,3)4)12-16-20-8-9-21(16)5/h6-10H,11-12H2,1-5H3,(H,23,24). The molecule has 0 spiro atoms. The van der Waals surface area contributed by atoms with E-state index in [1.165, 1.54) is 0 Å². The maximum Gasteiger partial charge on any atom is 0.410 e. The third kappa shape index (κ3) is 5.08. The zero-order valence-electron chi connectivity index (χ0n) is 15.8. The van der Waals surface area contributed by atoms with Gasteiger partial charge in [0.25, 0.3) is 0 Å². The van der Waals surface area contributed by atoms with Crippen molar-refractivity contribution in [3.63, 3.8) is 0 Å². The van der Waals surface area contributed by atoms with E-state index in [2.05, 4.69) is 4.98 Å². The summed E-state index contributed by atoms with van der Waals surface area (Å²) in [6, 6.07) is 5.05. The van der Waals surface area contributed by atoms with E-state index >= 15 is 0 Å². The predicted molar refractivity (Wildman–Crippen MR) is 96.8 cm³/mol. The first kappa shape index (κ1) is 19.5. The highest BCUT2D eigenvalue weighted by atomic mass is 16.6. The van der Waals surface area contributed by atoms with Crippen LogP contribution in [0, 0.1) is 6.92 Å². The SMILES string of the molecule is Cc1cc(CN(Cc2nccn2C)C(=O)OC(C)(C)C)ccc1C(=O)O. The van der Waals surface area contributed by atoms with Crippen LogP contribution in [0.2, 0.25) is 0 Å². The van der Waals surface area contributed by atoms with Gasteiger partial charge in [0.05, 0.1) is 12.1 Å². The number of imidazole rings is 1. The van der Waals surface area contributed by atoms with Gasteiger partial charge in [-0.3, -0.25) is 4.90 Å². The number of carbonyl (C=O) groups excluding carboxylic acids is 1. The number of carboxylic acid groups (broad SMARTS) is 1. The van der Waals surface area contributed by atoms with Crippen LogP contribution in [0.25, 0.3) is 0 Å². The summed E-state index contributed by atoms with van der Waals surface area (Å²) in [4.78, 5) is 29.6. The largest absolute Gasteiger partial charge is 0.478 e. The van der Waals surface area contributed by atoms with Gasteiger partial charge in [-0.15, -0.1) is 0 Å². The highest BCUT2D eigenvalue weighted by Gasteiger charge is 2.24. The zero-order chi connectivity index (χ0) is 19.5. The normalized spacial score (nSPS) is 11.3. The number of amides is 1. The number of hydrogen-bond acceptors (Lipinski definition) is 4. The van der Waals surface area contributed by atoms with Gasteiger partial charge in [0, 0.05) is 26.0 Å². The quantitative estimate of drug-likeness (QED) is 0.885. The maximum absolute atomic E-state index is 12.6. The van der Waals surface area contributed by atoms with E-state index in [1.54, 1.807) is 36.2 Å². The average molecular weight is 359 g/mol. The molecule has 0 aliphatic rings. The summed E-state index contributed by atoms with van der Waals surface area (Å²) in [5.41, 5.74) is 1.12. The number of rotatable bonds is 5. The van der Waals surface area contributed by atoms with Crippen LogP contribution in [-0.2, 0) is 24.9 Å². The molecule has 0 saturated heterocycles. The molecule has 7 nitrogen and oxygen atoms in total. The number of aryl methyl sites for hydroxylation is 2. The van der Waals surface area contributed by atoms with Crippen LogP contribution in [0.15, 0.2) is 30.6 Å². The summed E-state index contributed by atoms with van der Waals surface area (Å²) in [6.07, 6.45) is 3.04. The molecule has 1 aromatic heterocycles. The molecule has 0 fully saturated rings. The van der Waals surface area contributed by atoms with Crippen molar-refractivity contribution in [3.8, 4) is 0 Å². The molecule has 0 atom stereocenters. The Morgan fingerprint density at radius 1 is 1.27 bits per heavy atom. The second-order valence-corrected chi connectivity index (χ2v) is 7.25. The Labute approximate surface area is 153 Å². The molecule has 26 heavy (non-hydrogen) atoms. The maximum atomic E-state index is 12.6. The van der Waals surface area contributed by atoms with E-state index in [9.17, 15) is 9.59 Å². The van der Waals surface area contributed by atoms with Crippen LogP contribution < -0.4 is 0 Å². The Kier molecular flexibility index (Phi) is 5.69. The van der Waals surface area contributed by atoms with E-state index in [4.69, 9.17) is 9.84 Å². The molecule has 140 valence electrons. The molecule has 2 aromatic rings. The monoisotopic (exact) mass is 359 g/mol. The minimum atomic E-state index is -0.967. The molecule has 0 bridgehead atoms. The molecule has 2 rings (SSSR count). The van der Waals surface area contributed by atoms with E-state index in [0.29, 0.717) is 12.1 Å². The molecule has 1 heterocycles. The fourth-order valence-corrected chi connectivity index (χ4v) is 2.52. The van der Waals surface area contributed by atoms with Gasteiger partial charge in [0.2, 0.25) is 0 Å². The van der Waals surface area contributed by atoms with Crippen LogP contribution in [0.1, 0.15) is 48.1 Å². The van der Waals surface area contributed by atoms with Gasteiger partial charge in [-0.05, 0) is 44.9 Å². The molecular weight excluding hydrogens is 334 g/mol. The van der Waals surface area contributed by atoms with Crippen LogP contribution in [0.4, 0.5) is 4.79 Å². The van der Waals surface area contributed by atoms with Crippen molar-refractivity contribution in [1.82, 2.24) is 14.5 Å². The number of nitrogens with zero attached hydrogens (tertiary/aromatic N) is 3. The summed E-state index contributed by atoms with van der Waals surface area (Å²) in [6.45, 7) is 7.77. The Morgan fingerprint density at radius 3 is 2.46 bits per heavy atom. The summed E-state index contributed by atoms with van der Waals surface area (Å²) in [5, 5.41) is 9.16. The lowest BCUT2D eigenvalue weighted by atomic mass is 10.0. The number of aromatic carboxylic acids is 1. The van der Waals surface area contributed by atoms with Gasteiger partial charge in [0.1, 0.15) is 11.4 Å². The van der Waals surface area contributed by atoms with Crippen LogP contribution in [0.3, 0.4) is 0 Å². The van der Waals surface area contributed by atoms with Gasteiger partial charge in [-0.2, -0.15) is 0 Å². The number of benzene rings is 1. The molecule has 0 saturated carbocycles. The van der Waals surface area contributed by atoms with Gasteiger partial charge < -0.3 is 14.4 Å². The van der Waals surface area contributed by atoms with Gasteiger partial charge in [-0.1, -0.05) is 12.1 Å². The molecule has 1 aromatic carbocycles. The van der Waals surface area contributed by atoms with Gasteiger partial charge in [-0.25, -0.2) is 14.6 Å². The number of aromatic nitrogens is 2. The molecular formula is C19H25N3O4. The number of carbonyl (C=O) groups is 2. The Morgan fingerprint density at radius 2 is 1.96 bits per heavy atom. The highest BCUT2D eigenvalue weighted by Crippen LogP contribution is 2.17. The second-order valence-electron chi connectivity index (χ2n) is 7.25. The number of ether oxygens (including phenoxy) is 1. The van der Waals surface area contributed by atoms with Gasteiger partial charge in [0.15, 0.2) is 0 Å². The minimum absolute atomic E-state index is 0.252.